The summed E-state index contributed by atoms with van der Waals surface area (Å²) >= 11 is 0. The first kappa shape index (κ1) is 12.8. The van der Waals surface area contributed by atoms with Crippen molar-refractivity contribution < 1.29 is 13.9 Å². The van der Waals surface area contributed by atoms with Gasteiger partial charge in [-0.15, -0.1) is 0 Å². The van der Waals surface area contributed by atoms with Crippen molar-refractivity contribution in [3.63, 3.8) is 0 Å². The summed E-state index contributed by atoms with van der Waals surface area (Å²) in [4.78, 5) is 0. The standard InChI is InChI=1S/C12H18FNO2/c1-8-7-9(5-4-6-14)10(13)12(16-3)11(8)15-2/h7H,4-6,14H2,1-3H3. The molecule has 0 spiro atoms. The third kappa shape index (κ3) is 2.44. The van der Waals surface area contributed by atoms with Crippen molar-refractivity contribution in [2.24, 2.45) is 5.73 Å². The monoisotopic (exact) mass is 227 g/mol. The first-order valence-corrected chi connectivity index (χ1v) is 5.25. The Balaban J connectivity index is 3.17. The van der Waals surface area contributed by atoms with Crippen molar-refractivity contribution in [3.05, 3.63) is 23.0 Å². The molecule has 0 radical (unpaired) electrons. The van der Waals surface area contributed by atoms with Crippen LogP contribution in [0.1, 0.15) is 17.5 Å². The fourth-order valence-electron chi connectivity index (χ4n) is 1.73. The molecule has 0 atom stereocenters. The second kappa shape index (κ2) is 5.70. The lowest BCUT2D eigenvalue weighted by Gasteiger charge is -2.14. The number of hydrogen-bond donors (Lipinski definition) is 1. The first-order chi connectivity index (χ1) is 7.65. The van der Waals surface area contributed by atoms with Crippen LogP contribution >= 0.6 is 0 Å². The van der Waals surface area contributed by atoms with Gasteiger partial charge in [0.15, 0.2) is 17.3 Å². The molecule has 90 valence electrons. The van der Waals surface area contributed by atoms with Gasteiger partial charge in [-0.1, -0.05) is 0 Å². The van der Waals surface area contributed by atoms with Crippen LogP contribution in [-0.2, 0) is 6.42 Å². The summed E-state index contributed by atoms with van der Waals surface area (Å²) < 4.78 is 24.1. The van der Waals surface area contributed by atoms with Crippen molar-refractivity contribution in [1.29, 1.82) is 0 Å². The van der Waals surface area contributed by atoms with E-state index in [1.165, 1.54) is 14.2 Å². The molecule has 0 saturated heterocycles. The van der Waals surface area contributed by atoms with Gasteiger partial charge < -0.3 is 15.2 Å². The fraction of sp³-hybridized carbons (Fsp3) is 0.500. The van der Waals surface area contributed by atoms with Gasteiger partial charge in [-0.2, -0.15) is 0 Å². The van der Waals surface area contributed by atoms with Crippen LogP contribution in [0.2, 0.25) is 0 Å². The Morgan fingerprint density at radius 3 is 2.38 bits per heavy atom. The van der Waals surface area contributed by atoms with E-state index in [0.717, 1.165) is 12.0 Å². The second-order valence-electron chi connectivity index (χ2n) is 3.63. The molecule has 0 aliphatic heterocycles. The van der Waals surface area contributed by atoms with E-state index in [4.69, 9.17) is 15.2 Å². The van der Waals surface area contributed by atoms with Gasteiger partial charge in [-0.05, 0) is 43.5 Å². The summed E-state index contributed by atoms with van der Waals surface area (Å²) in [5.74, 6) is 0.282. The molecule has 0 fully saturated rings. The van der Waals surface area contributed by atoms with Crippen molar-refractivity contribution >= 4 is 0 Å². The maximum absolute atomic E-state index is 14.0. The molecule has 3 nitrogen and oxygen atoms in total. The van der Waals surface area contributed by atoms with Crippen LogP contribution in [0.15, 0.2) is 6.07 Å². The fourth-order valence-corrected chi connectivity index (χ4v) is 1.73. The maximum Gasteiger partial charge on any atom is 0.197 e. The number of halogens is 1. The predicted octanol–water partition coefficient (Wildman–Crippen LogP) is 2.04. The Morgan fingerprint density at radius 2 is 1.88 bits per heavy atom. The summed E-state index contributed by atoms with van der Waals surface area (Å²) in [6.07, 6.45) is 1.37. The summed E-state index contributed by atoms with van der Waals surface area (Å²) in [6, 6.07) is 1.78. The molecule has 4 heteroatoms. The number of aryl methyl sites for hydroxylation is 2. The number of rotatable bonds is 5. The van der Waals surface area contributed by atoms with Gasteiger partial charge in [0.1, 0.15) is 0 Å². The average molecular weight is 227 g/mol. The molecule has 0 aliphatic rings. The highest BCUT2D eigenvalue weighted by molar-refractivity contribution is 5.50. The molecular formula is C12H18FNO2. The summed E-state index contributed by atoms with van der Waals surface area (Å²) in [7, 11) is 2.94. The van der Waals surface area contributed by atoms with Gasteiger partial charge in [-0.25, -0.2) is 4.39 Å². The Hall–Kier alpha value is -1.29. The van der Waals surface area contributed by atoms with Crippen molar-refractivity contribution in [3.8, 4) is 11.5 Å². The molecule has 0 amide bonds. The Morgan fingerprint density at radius 1 is 1.25 bits per heavy atom. The Bertz CT molecular complexity index is 367. The van der Waals surface area contributed by atoms with Crippen LogP contribution in [0.4, 0.5) is 4.39 Å². The number of benzene rings is 1. The number of nitrogens with two attached hydrogens (primary N) is 1. The lowest BCUT2D eigenvalue weighted by molar-refractivity contribution is 0.334. The third-order valence-corrected chi connectivity index (χ3v) is 2.49. The van der Waals surface area contributed by atoms with E-state index in [1.54, 1.807) is 6.07 Å². The third-order valence-electron chi connectivity index (χ3n) is 2.49. The van der Waals surface area contributed by atoms with Crippen LogP contribution < -0.4 is 15.2 Å². The highest BCUT2D eigenvalue weighted by atomic mass is 19.1. The highest BCUT2D eigenvalue weighted by Gasteiger charge is 2.17. The molecule has 1 aromatic carbocycles. The van der Waals surface area contributed by atoms with Crippen molar-refractivity contribution in [2.75, 3.05) is 20.8 Å². The van der Waals surface area contributed by atoms with E-state index in [-0.39, 0.29) is 11.6 Å². The lowest BCUT2D eigenvalue weighted by Crippen LogP contribution is -2.04. The molecule has 0 saturated carbocycles. The van der Waals surface area contributed by atoms with Crippen LogP contribution in [0, 0.1) is 12.7 Å². The van der Waals surface area contributed by atoms with Crippen LogP contribution in [-0.4, -0.2) is 20.8 Å². The van der Waals surface area contributed by atoms with E-state index in [9.17, 15) is 4.39 Å². The molecule has 1 aromatic rings. The van der Waals surface area contributed by atoms with E-state index in [2.05, 4.69) is 0 Å². The maximum atomic E-state index is 14.0. The van der Waals surface area contributed by atoms with E-state index in [0.29, 0.717) is 24.3 Å². The molecule has 0 bridgehead atoms. The number of ether oxygens (including phenoxy) is 2. The molecule has 2 N–H and O–H groups in total. The summed E-state index contributed by atoms with van der Waals surface area (Å²) in [5, 5.41) is 0. The molecule has 0 aliphatic carbocycles. The van der Waals surface area contributed by atoms with Crippen LogP contribution in [0.3, 0.4) is 0 Å². The minimum atomic E-state index is -0.349. The average Bonchev–Trinajstić information content (AvgIpc) is 2.29. The quantitative estimate of drug-likeness (QED) is 0.837. The van der Waals surface area contributed by atoms with Gasteiger partial charge >= 0.3 is 0 Å². The zero-order chi connectivity index (χ0) is 12.1. The molecule has 0 heterocycles. The minimum Gasteiger partial charge on any atom is -0.492 e. The number of methoxy groups -OCH3 is 2. The van der Waals surface area contributed by atoms with Gasteiger partial charge in [0.2, 0.25) is 0 Å². The van der Waals surface area contributed by atoms with E-state index in [1.807, 2.05) is 6.92 Å². The summed E-state index contributed by atoms with van der Waals surface area (Å²) in [6.45, 7) is 2.42. The van der Waals surface area contributed by atoms with Gasteiger partial charge in [-0.3, -0.25) is 0 Å². The van der Waals surface area contributed by atoms with Gasteiger partial charge in [0.25, 0.3) is 0 Å². The van der Waals surface area contributed by atoms with Gasteiger partial charge in [0, 0.05) is 0 Å². The van der Waals surface area contributed by atoms with Crippen LogP contribution in [0.25, 0.3) is 0 Å². The number of hydrogen-bond acceptors (Lipinski definition) is 3. The minimum absolute atomic E-state index is 0.175. The molecule has 1 rings (SSSR count). The van der Waals surface area contributed by atoms with E-state index < -0.39 is 0 Å². The molecular weight excluding hydrogens is 209 g/mol. The predicted molar refractivity (Wildman–Crippen MR) is 61.6 cm³/mol. The SMILES string of the molecule is COc1c(C)cc(CCCN)c(F)c1OC. The van der Waals surface area contributed by atoms with Crippen molar-refractivity contribution in [1.82, 2.24) is 0 Å². The van der Waals surface area contributed by atoms with Crippen molar-refractivity contribution in [2.45, 2.75) is 19.8 Å². The molecule has 0 aromatic heterocycles. The molecule has 16 heavy (non-hydrogen) atoms. The Labute approximate surface area is 95.4 Å². The van der Waals surface area contributed by atoms with Crippen LogP contribution in [0.5, 0.6) is 11.5 Å². The van der Waals surface area contributed by atoms with Gasteiger partial charge in [0.05, 0.1) is 14.2 Å². The largest absolute Gasteiger partial charge is 0.492 e. The zero-order valence-electron chi connectivity index (χ0n) is 9.97. The Kier molecular flexibility index (Phi) is 4.55. The first-order valence-electron chi connectivity index (χ1n) is 5.25. The topological polar surface area (TPSA) is 44.5 Å². The normalized spacial score (nSPS) is 10.3. The zero-order valence-corrected chi connectivity index (χ0v) is 9.97. The highest BCUT2D eigenvalue weighted by Crippen LogP contribution is 2.35. The molecule has 0 unspecified atom stereocenters. The summed E-state index contributed by atoms with van der Waals surface area (Å²) in [5.41, 5.74) is 6.91. The smallest absolute Gasteiger partial charge is 0.197 e. The lowest BCUT2D eigenvalue weighted by atomic mass is 10.0. The van der Waals surface area contributed by atoms with E-state index >= 15 is 0 Å². The second-order valence-corrected chi connectivity index (χ2v) is 3.63.